The van der Waals surface area contributed by atoms with Crippen LogP contribution in [-0.2, 0) is 0 Å². The summed E-state index contributed by atoms with van der Waals surface area (Å²) in [5, 5.41) is 0. The van der Waals surface area contributed by atoms with E-state index in [1.54, 1.807) is 0 Å². The highest BCUT2D eigenvalue weighted by atomic mass is 19.4. The minimum absolute atomic E-state index is 1.47. The molecule has 39 heteroatoms. The third-order valence-electron chi connectivity index (χ3n) is 7.02. The maximum absolute atomic E-state index is 13.9. The zero-order valence-electron chi connectivity index (χ0n) is 24.7. The molecule has 0 heterocycles. The van der Waals surface area contributed by atoms with Crippen molar-refractivity contribution in [3.63, 3.8) is 0 Å². The number of halogens is 39. The average Bonchev–Trinajstić information content (AvgIpc) is 3.01. The van der Waals surface area contributed by atoms with E-state index in [0.29, 0.717) is 0 Å². The van der Waals surface area contributed by atoms with Crippen molar-refractivity contribution in [3.8, 4) is 0 Å². The summed E-state index contributed by atoms with van der Waals surface area (Å²) >= 11 is 0. The van der Waals surface area contributed by atoms with Gasteiger partial charge in [0.25, 0.3) is 0 Å². The lowest BCUT2D eigenvalue weighted by molar-refractivity contribution is -0.493. The van der Waals surface area contributed by atoms with Crippen LogP contribution in [0.5, 0.6) is 0 Å². The molecule has 0 aliphatic rings. The van der Waals surface area contributed by atoms with E-state index in [-0.39, 0.29) is 0 Å². The van der Waals surface area contributed by atoms with E-state index in [2.05, 4.69) is 0 Å². The van der Waals surface area contributed by atoms with Gasteiger partial charge in [-0.3, -0.25) is 0 Å². The number of allylic oxidation sites excluding steroid dienone is 1. The van der Waals surface area contributed by atoms with Gasteiger partial charge in [0.15, 0.2) is 6.33 Å². The van der Waals surface area contributed by atoms with Crippen LogP contribution in [0.3, 0.4) is 0 Å². The number of hydrogen-bond donors (Lipinski definition) is 0. The Kier molecular flexibility index (Phi) is 12.8. The Hall–Kier alpha value is -2.99. The molecule has 0 rings (SSSR count). The maximum Gasteiger partial charge on any atom is 0.460 e. The molecule has 0 aromatic rings. The van der Waals surface area contributed by atoms with Crippen LogP contribution >= 0.6 is 0 Å². The van der Waals surface area contributed by atoms with E-state index >= 15 is 0 Å². The predicted molar refractivity (Wildman–Crippen MR) is 99.1 cm³/mol. The summed E-state index contributed by atoms with van der Waals surface area (Å²) in [5.41, 5.74) is 0. The summed E-state index contributed by atoms with van der Waals surface area (Å²) in [6.07, 6.45) is -9.96. The minimum atomic E-state index is -10.5. The topological polar surface area (TPSA) is 0 Å². The fourth-order valence-corrected chi connectivity index (χ4v) is 3.33. The Morgan fingerprint density at radius 2 is 0.322 bits per heavy atom. The van der Waals surface area contributed by atoms with Gasteiger partial charge in [-0.25, -0.2) is 8.78 Å². The molecule has 0 amide bonds. The molecule has 0 saturated carbocycles. The van der Waals surface area contributed by atoms with Crippen molar-refractivity contribution in [1.82, 2.24) is 0 Å². The Morgan fingerprint density at radius 1 is 0.203 bits per heavy atom. The average molecular weight is 981 g/mol. The summed E-state index contributed by atoms with van der Waals surface area (Å²) in [7, 11) is 0. The molecular weight excluding hydrogens is 981 g/mol. The Morgan fingerprint density at radius 3 is 0.441 bits per heavy atom. The standard InChI is InChI=1S/C20F39/c21-1-2(22)3(23,24)4(25,26)5(27,28)6(29,30)7(31,32)8(33,34)9(35,36)10(37,38)11(39,40)12(41,42)13(43,44)14(45,46)15(47,48)16(49,50)17(51,52)18(53,54)19(55,56)20(57,58)59. The SMILES string of the molecule is F/[C]=C(\F)C(F)(F)C(F)(F)C(F)(F)C(F)(F)C(F)(F)C(F)(F)C(F)(F)C(F)(F)C(F)(F)C(F)(F)C(F)(F)C(F)(F)C(F)(F)C(F)(F)C(F)(F)C(F)(F)C(F)(F)C(F)(F)F. The molecule has 0 atom stereocenters. The summed E-state index contributed by atoms with van der Waals surface area (Å²) in [6.45, 7) is 0. The first-order valence-corrected chi connectivity index (χ1v) is 12.1. The van der Waals surface area contributed by atoms with Crippen LogP contribution in [0.15, 0.2) is 5.83 Å². The molecule has 0 aliphatic heterocycles. The van der Waals surface area contributed by atoms with Crippen molar-refractivity contribution < 1.29 is 171 Å². The van der Waals surface area contributed by atoms with Crippen molar-refractivity contribution in [2.75, 3.05) is 0 Å². The molecule has 0 bridgehead atoms. The molecule has 59 heavy (non-hydrogen) atoms. The van der Waals surface area contributed by atoms with Crippen LogP contribution in [-0.4, -0.2) is 107 Å². The number of hydrogen-bond acceptors (Lipinski definition) is 0. The highest BCUT2D eigenvalue weighted by Crippen LogP contribution is 2.70. The monoisotopic (exact) mass is 981 g/mol. The van der Waals surface area contributed by atoms with E-state index in [9.17, 15) is 171 Å². The first-order chi connectivity index (χ1) is 24.7. The second kappa shape index (κ2) is 13.5. The van der Waals surface area contributed by atoms with Gasteiger partial charge in [0, 0.05) is 0 Å². The zero-order valence-corrected chi connectivity index (χ0v) is 24.7. The third kappa shape index (κ3) is 6.19. The fraction of sp³-hybridized carbons (Fsp3) is 0.900. The van der Waals surface area contributed by atoms with Crippen LogP contribution in [0.4, 0.5) is 171 Å². The van der Waals surface area contributed by atoms with Gasteiger partial charge in [0.1, 0.15) is 0 Å². The molecule has 0 fully saturated rings. The third-order valence-corrected chi connectivity index (χ3v) is 7.02. The molecule has 0 aromatic carbocycles. The Balaban J connectivity index is 7.92. The lowest BCUT2D eigenvalue weighted by Gasteiger charge is -2.47. The van der Waals surface area contributed by atoms with Gasteiger partial charge in [-0.2, -0.15) is 162 Å². The van der Waals surface area contributed by atoms with Gasteiger partial charge in [-0.05, 0) is 0 Å². The van der Waals surface area contributed by atoms with Gasteiger partial charge >= 0.3 is 107 Å². The van der Waals surface area contributed by atoms with Gasteiger partial charge in [-0.15, -0.1) is 0 Å². The first-order valence-electron chi connectivity index (χ1n) is 12.1. The quantitative estimate of drug-likeness (QED) is 0.127. The smallest absolute Gasteiger partial charge is 0.201 e. The molecule has 0 N–H and O–H groups in total. The van der Waals surface area contributed by atoms with Gasteiger partial charge in [-0.1, -0.05) is 0 Å². The largest absolute Gasteiger partial charge is 0.460 e. The van der Waals surface area contributed by atoms with Crippen LogP contribution < -0.4 is 0 Å². The van der Waals surface area contributed by atoms with Crippen LogP contribution in [0, 0.1) is 6.33 Å². The summed E-state index contributed by atoms with van der Waals surface area (Å²) < 4.78 is 522. The molecule has 0 aliphatic carbocycles. The van der Waals surface area contributed by atoms with E-state index in [1.165, 1.54) is 0 Å². The molecule has 0 spiro atoms. The van der Waals surface area contributed by atoms with Crippen molar-refractivity contribution >= 4 is 0 Å². The second-order valence-electron chi connectivity index (χ2n) is 10.7. The minimum Gasteiger partial charge on any atom is -0.201 e. The molecule has 1 radical (unpaired) electrons. The summed E-state index contributed by atoms with van der Waals surface area (Å²) in [6, 6.07) is 0. The van der Waals surface area contributed by atoms with Crippen LogP contribution in [0.25, 0.3) is 0 Å². The normalized spacial score (nSPS) is 17.5. The lowest BCUT2D eigenvalue weighted by Crippen LogP contribution is -2.80. The highest BCUT2D eigenvalue weighted by Gasteiger charge is 3.02. The highest BCUT2D eigenvalue weighted by molar-refractivity contribution is 5.23. The van der Waals surface area contributed by atoms with Crippen LogP contribution in [0.1, 0.15) is 0 Å². The van der Waals surface area contributed by atoms with Crippen molar-refractivity contribution in [3.05, 3.63) is 12.2 Å². The van der Waals surface area contributed by atoms with E-state index < -0.39 is 119 Å². The number of rotatable bonds is 17. The summed E-state index contributed by atoms with van der Waals surface area (Å²) in [4.78, 5) is 0. The molecule has 0 unspecified atom stereocenters. The maximum atomic E-state index is 13.9. The molecule has 353 valence electrons. The Labute approximate surface area is 291 Å². The molecular formula is C20F39. The first kappa shape index (κ1) is 56.0. The van der Waals surface area contributed by atoms with E-state index in [4.69, 9.17) is 0 Å². The van der Waals surface area contributed by atoms with Gasteiger partial charge in [0.05, 0.1) is 0 Å². The summed E-state index contributed by atoms with van der Waals surface area (Å²) in [5.74, 6) is -174. The van der Waals surface area contributed by atoms with Crippen LogP contribution in [0.2, 0.25) is 0 Å². The molecule has 0 aromatic heterocycles. The van der Waals surface area contributed by atoms with Gasteiger partial charge in [0.2, 0.25) is 5.83 Å². The van der Waals surface area contributed by atoms with E-state index in [1.807, 2.05) is 0 Å². The van der Waals surface area contributed by atoms with Gasteiger partial charge < -0.3 is 0 Å². The number of alkyl halides is 37. The zero-order chi connectivity index (χ0) is 49.3. The molecule has 0 saturated heterocycles. The second-order valence-corrected chi connectivity index (χ2v) is 10.7. The fourth-order valence-electron chi connectivity index (χ4n) is 3.33. The van der Waals surface area contributed by atoms with Crippen molar-refractivity contribution in [2.45, 2.75) is 107 Å². The van der Waals surface area contributed by atoms with E-state index in [0.717, 1.165) is 0 Å². The van der Waals surface area contributed by atoms with Crippen molar-refractivity contribution in [2.24, 2.45) is 0 Å². The Bertz CT molecular complexity index is 1560. The van der Waals surface area contributed by atoms with Crippen molar-refractivity contribution in [1.29, 1.82) is 0 Å². The lowest BCUT2D eigenvalue weighted by atomic mass is 9.82. The predicted octanol–water partition coefficient (Wildman–Crippen LogP) is 12.9. The molecule has 0 nitrogen and oxygen atoms in total.